The normalized spacial score (nSPS) is 11.4. The average Bonchev–Trinajstić information content (AvgIpc) is 3.38. The Labute approximate surface area is 196 Å². The molecule has 0 atom stereocenters. The Morgan fingerprint density at radius 3 is 2.44 bits per heavy atom. The number of benzene rings is 2. The molecule has 2 heterocycles. The first-order chi connectivity index (χ1) is 16.2. The van der Waals surface area contributed by atoms with Gasteiger partial charge in [-0.1, -0.05) is 46.7 Å². The lowest BCUT2D eigenvalue weighted by Crippen LogP contribution is -2.17. The van der Waals surface area contributed by atoms with Crippen molar-refractivity contribution in [3.05, 3.63) is 72.1 Å². The van der Waals surface area contributed by atoms with E-state index in [1.807, 2.05) is 31.2 Å². The lowest BCUT2D eigenvalue weighted by molar-refractivity contribution is -0.274. The quantitative estimate of drug-likeness (QED) is 0.333. The molecule has 0 aliphatic carbocycles. The van der Waals surface area contributed by atoms with E-state index >= 15 is 0 Å². The Balaban J connectivity index is 1.61. The van der Waals surface area contributed by atoms with Crippen LogP contribution in [0.4, 0.5) is 19.0 Å². The van der Waals surface area contributed by atoms with Gasteiger partial charge in [0.05, 0.1) is 17.6 Å². The van der Waals surface area contributed by atoms with Crippen molar-refractivity contribution in [1.82, 2.24) is 14.7 Å². The van der Waals surface area contributed by atoms with E-state index in [1.54, 1.807) is 23.8 Å². The van der Waals surface area contributed by atoms with E-state index in [1.165, 1.54) is 36.0 Å². The van der Waals surface area contributed by atoms with E-state index in [4.69, 9.17) is 4.52 Å². The Kier molecular flexibility index (Phi) is 6.64. The summed E-state index contributed by atoms with van der Waals surface area (Å²) in [5.41, 5.74) is 3.23. The van der Waals surface area contributed by atoms with Crippen LogP contribution in [0.5, 0.6) is 5.75 Å². The lowest BCUT2D eigenvalue weighted by atomic mass is 10.1. The predicted molar refractivity (Wildman–Crippen MR) is 121 cm³/mol. The molecule has 0 radical (unpaired) electrons. The number of amides is 1. The van der Waals surface area contributed by atoms with Gasteiger partial charge >= 0.3 is 6.36 Å². The van der Waals surface area contributed by atoms with Gasteiger partial charge in [0, 0.05) is 17.3 Å². The first-order valence-electron chi connectivity index (χ1n) is 10.0. The van der Waals surface area contributed by atoms with Crippen LogP contribution < -0.4 is 10.1 Å². The number of anilines is 1. The van der Waals surface area contributed by atoms with Crippen LogP contribution in [0, 0.1) is 13.8 Å². The number of imidazole rings is 1. The first kappa shape index (κ1) is 23.4. The second-order valence-corrected chi connectivity index (χ2v) is 8.27. The molecule has 0 spiro atoms. The highest BCUT2D eigenvalue weighted by Gasteiger charge is 2.31. The van der Waals surface area contributed by atoms with Crippen LogP contribution in [0.3, 0.4) is 0 Å². The van der Waals surface area contributed by atoms with Crippen LogP contribution in [-0.2, 0) is 4.79 Å². The van der Waals surface area contributed by atoms with Crippen LogP contribution in [0.1, 0.15) is 11.3 Å². The van der Waals surface area contributed by atoms with Gasteiger partial charge in [0.2, 0.25) is 5.91 Å². The minimum Gasteiger partial charge on any atom is -0.406 e. The molecule has 2 aromatic carbocycles. The van der Waals surface area contributed by atoms with Crippen LogP contribution >= 0.6 is 11.8 Å². The zero-order valence-corrected chi connectivity index (χ0v) is 18.9. The third kappa shape index (κ3) is 5.79. The first-order valence-corrected chi connectivity index (χ1v) is 11.0. The number of alkyl halides is 3. The smallest absolute Gasteiger partial charge is 0.406 e. The molecule has 0 bridgehead atoms. The summed E-state index contributed by atoms with van der Waals surface area (Å²) < 4.78 is 48.3. The van der Waals surface area contributed by atoms with Gasteiger partial charge in [-0.15, -0.1) is 13.2 Å². The molecule has 0 saturated carbocycles. The van der Waals surface area contributed by atoms with Gasteiger partial charge in [-0.3, -0.25) is 9.36 Å². The molecule has 4 rings (SSSR count). The number of nitrogens with one attached hydrogen (secondary N) is 1. The second-order valence-electron chi connectivity index (χ2n) is 7.33. The molecule has 7 nitrogen and oxygen atoms in total. The summed E-state index contributed by atoms with van der Waals surface area (Å²) in [5.74, 6) is 0.278. The molecule has 176 valence electrons. The Hall–Kier alpha value is -3.73. The van der Waals surface area contributed by atoms with Crippen molar-refractivity contribution in [2.75, 3.05) is 11.1 Å². The standard InChI is InChI=1S/C23H19F3N4O3S/c1-14-3-5-16(6-4-14)19-12-27-22(34-13-21(31)28-20-11-15(2)33-29-20)30(19)17-7-9-18(10-8-17)32-23(24,25)26/h3-12H,13H2,1-2H3,(H,28,29,31). The van der Waals surface area contributed by atoms with Crippen molar-refractivity contribution in [3.63, 3.8) is 0 Å². The Morgan fingerprint density at radius 1 is 1.12 bits per heavy atom. The van der Waals surface area contributed by atoms with Gasteiger partial charge in [-0.25, -0.2) is 4.98 Å². The Morgan fingerprint density at radius 2 is 1.82 bits per heavy atom. The number of carbonyl (C=O) groups is 1. The summed E-state index contributed by atoms with van der Waals surface area (Å²) in [4.78, 5) is 16.8. The maximum atomic E-state index is 12.5. The van der Waals surface area contributed by atoms with Gasteiger partial charge in [0.1, 0.15) is 11.5 Å². The zero-order chi connectivity index (χ0) is 24.3. The summed E-state index contributed by atoms with van der Waals surface area (Å²) in [6.45, 7) is 3.68. The monoisotopic (exact) mass is 488 g/mol. The largest absolute Gasteiger partial charge is 0.573 e. The van der Waals surface area contributed by atoms with E-state index in [0.29, 0.717) is 22.4 Å². The van der Waals surface area contributed by atoms with Crippen LogP contribution in [0.15, 0.2) is 70.5 Å². The highest BCUT2D eigenvalue weighted by atomic mass is 32.2. The molecule has 0 aliphatic heterocycles. The van der Waals surface area contributed by atoms with Crippen molar-refractivity contribution < 1.29 is 27.2 Å². The molecule has 11 heteroatoms. The van der Waals surface area contributed by atoms with Crippen molar-refractivity contribution in [1.29, 1.82) is 0 Å². The fourth-order valence-corrected chi connectivity index (χ4v) is 3.94. The molecule has 2 aromatic heterocycles. The van der Waals surface area contributed by atoms with E-state index in [9.17, 15) is 18.0 Å². The van der Waals surface area contributed by atoms with Crippen molar-refractivity contribution in [3.8, 4) is 22.7 Å². The van der Waals surface area contributed by atoms with Gasteiger partial charge in [0.25, 0.3) is 0 Å². The van der Waals surface area contributed by atoms with E-state index in [0.717, 1.165) is 16.8 Å². The van der Waals surface area contributed by atoms with Crippen LogP contribution in [0.2, 0.25) is 0 Å². The SMILES string of the molecule is Cc1ccc(-c2cnc(SCC(=O)Nc3cc(C)on3)n2-c2ccc(OC(F)(F)F)cc2)cc1. The second kappa shape index (κ2) is 9.64. The zero-order valence-electron chi connectivity index (χ0n) is 18.1. The molecular weight excluding hydrogens is 469 g/mol. The molecule has 0 unspecified atom stereocenters. The number of thioether (sulfide) groups is 1. The average molecular weight is 488 g/mol. The molecule has 0 aliphatic rings. The minimum atomic E-state index is -4.78. The van der Waals surface area contributed by atoms with Gasteiger partial charge in [-0.05, 0) is 38.1 Å². The molecule has 1 amide bonds. The fourth-order valence-electron chi connectivity index (χ4n) is 3.15. The maximum Gasteiger partial charge on any atom is 0.573 e. The van der Waals surface area contributed by atoms with Gasteiger partial charge in [-0.2, -0.15) is 0 Å². The highest BCUT2D eigenvalue weighted by Crippen LogP contribution is 2.32. The molecule has 34 heavy (non-hydrogen) atoms. The number of nitrogens with zero attached hydrogens (tertiary/aromatic N) is 3. The summed E-state index contributed by atoms with van der Waals surface area (Å²) in [6.07, 6.45) is -3.12. The maximum absolute atomic E-state index is 12.5. The van der Waals surface area contributed by atoms with Crippen molar-refractivity contribution >= 4 is 23.5 Å². The number of halogens is 3. The van der Waals surface area contributed by atoms with Crippen molar-refractivity contribution in [2.45, 2.75) is 25.4 Å². The van der Waals surface area contributed by atoms with Crippen LogP contribution in [0.25, 0.3) is 16.9 Å². The van der Waals surface area contributed by atoms with Crippen LogP contribution in [-0.4, -0.2) is 32.7 Å². The third-order valence-corrected chi connectivity index (χ3v) is 5.59. The molecule has 0 saturated heterocycles. The van der Waals surface area contributed by atoms with E-state index in [2.05, 4.69) is 20.2 Å². The summed E-state index contributed by atoms with van der Waals surface area (Å²) in [5, 5.41) is 6.86. The molecular formula is C23H19F3N4O3S. The van der Waals surface area contributed by atoms with E-state index < -0.39 is 6.36 Å². The number of hydrogen-bond acceptors (Lipinski definition) is 6. The number of rotatable bonds is 7. The summed E-state index contributed by atoms with van der Waals surface area (Å²) in [6, 6.07) is 14.8. The third-order valence-electron chi connectivity index (χ3n) is 4.63. The molecule has 1 N–H and O–H groups in total. The molecule has 0 fully saturated rings. The highest BCUT2D eigenvalue weighted by molar-refractivity contribution is 7.99. The summed E-state index contributed by atoms with van der Waals surface area (Å²) in [7, 11) is 0. The summed E-state index contributed by atoms with van der Waals surface area (Å²) >= 11 is 1.18. The van der Waals surface area contributed by atoms with Gasteiger partial charge in [0.15, 0.2) is 11.0 Å². The molecule has 4 aromatic rings. The van der Waals surface area contributed by atoms with Gasteiger partial charge < -0.3 is 14.6 Å². The minimum absolute atomic E-state index is 0.0333. The van der Waals surface area contributed by atoms with Crippen molar-refractivity contribution in [2.24, 2.45) is 0 Å². The number of hydrogen-bond donors (Lipinski definition) is 1. The number of aromatic nitrogens is 3. The topological polar surface area (TPSA) is 82.2 Å². The predicted octanol–water partition coefficient (Wildman–Crippen LogP) is 5.77. The van der Waals surface area contributed by atoms with E-state index in [-0.39, 0.29) is 17.4 Å². The number of carbonyl (C=O) groups excluding carboxylic acids is 1. The number of ether oxygens (including phenoxy) is 1. The number of aryl methyl sites for hydroxylation is 2. The lowest BCUT2D eigenvalue weighted by Gasteiger charge is -2.14. The Bertz CT molecular complexity index is 1280. The fraction of sp³-hybridized carbons (Fsp3) is 0.174.